The van der Waals surface area contributed by atoms with E-state index in [1.807, 2.05) is 0 Å². The van der Waals surface area contributed by atoms with Crippen LogP contribution in [0.2, 0.25) is 5.02 Å². The van der Waals surface area contributed by atoms with E-state index in [1.165, 1.54) is 12.8 Å². The first kappa shape index (κ1) is 14.1. The van der Waals surface area contributed by atoms with Crippen molar-refractivity contribution < 1.29 is 12.8 Å². The molecule has 3 N–H and O–H groups in total. The lowest BCUT2D eigenvalue weighted by Gasteiger charge is -2.16. The van der Waals surface area contributed by atoms with E-state index in [0.29, 0.717) is 12.5 Å². The van der Waals surface area contributed by atoms with E-state index in [4.69, 9.17) is 17.3 Å². The van der Waals surface area contributed by atoms with Gasteiger partial charge in [0.1, 0.15) is 10.7 Å². The van der Waals surface area contributed by atoms with Gasteiger partial charge in [0.2, 0.25) is 10.0 Å². The van der Waals surface area contributed by atoms with E-state index in [9.17, 15) is 12.8 Å². The molecule has 2 aliphatic rings. The van der Waals surface area contributed by atoms with Gasteiger partial charge < -0.3 is 5.73 Å². The maximum Gasteiger partial charge on any atom is 0.242 e. The number of nitrogens with one attached hydrogen (secondary N) is 1. The standard InChI is InChI=1S/C13H16ClFN2O2S/c14-9-5-10(15)11(16)6-12(9)20(18,19)17-7-13(3-4-13)8-1-2-8/h5-6,8,17H,1-4,7,16H2. The Balaban J connectivity index is 1.79. The molecule has 1 aromatic carbocycles. The third-order valence-electron chi connectivity index (χ3n) is 4.29. The molecule has 2 saturated carbocycles. The molecular formula is C13H16ClFN2O2S. The van der Waals surface area contributed by atoms with Crippen molar-refractivity contribution in [2.24, 2.45) is 11.3 Å². The van der Waals surface area contributed by atoms with Crippen LogP contribution >= 0.6 is 11.6 Å². The zero-order chi connectivity index (χ0) is 14.5. The highest BCUT2D eigenvalue weighted by Gasteiger charge is 2.53. The van der Waals surface area contributed by atoms with Crippen LogP contribution in [0.25, 0.3) is 0 Å². The van der Waals surface area contributed by atoms with Crippen molar-refractivity contribution in [3.63, 3.8) is 0 Å². The second-order valence-corrected chi connectivity index (χ2v) is 7.91. The summed E-state index contributed by atoms with van der Waals surface area (Å²) in [6.07, 6.45) is 4.51. The Morgan fingerprint density at radius 1 is 1.40 bits per heavy atom. The molecule has 0 bridgehead atoms. The summed E-state index contributed by atoms with van der Waals surface area (Å²) in [5.74, 6) is -0.0652. The number of nitrogen functional groups attached to an aromatic ring is 1. The molecule has 0 unspecified atom stereocenters. The van der Waals surface area contributed by atoms with Crippen LogP contribution in [-0.2, 0) is 10.0 Å². The van der Waals surface area contributed by atoms with Crippen LogP contribution < -0.4 is 10.5 Å². The predicted molar refractivity (Wildman–Crippen MR) is 75.4 cm³/mol. The largest absolute Gasteiger partial charge is 0.396 e. The molecule has 1 aromatic rings. The van der Waals surface area contributed by atoms with Gasteiger partial charge in [0, 0.05) is 6.54 Å². The van der Waals surface area contributed by atoms with E-state index < -0.39 is 15.8 Å². The summed E-state index contributed by atoms with van der Waals surface area (Å²) in [4.78, 5) is -0.162. The number of rotatable bonds is 5. The molecule has 110 valence electrons. The second-order valence-electron chi connectivity index (χ2n) is 5.77. The molecular weight excluding hydrogens is 303 g/mol. The molecule has 2 aliphatic carbocycles. The Hall–Kier alpha value is -0.850. The highest BCUT2D eigenvalue weighted by Crippen LogP contribution is 2.60. The van der Waals surface area contributed by atoms with E-state index in [0.717, 1.165) is 25.0 Å². The number of hydrogen-bond donors (Lipinski definition) is 2. The lowest BCUT2D eigenvalue weighted by molar-refractivity contribution is 0.432. The number of nitrogens with two attached hydrogens (primary N) is 1. The topological polar surface area (TPSA) is 72.2 Å². The Morgan fingerprint density at radius 2 is 2.05 bits per heavy atom. The van der Waals surface area contributed by atoms with Crippen LogP contribution in [0.15, 0.2) is 17.0 Å². The van der Waals surface area contributed by atoms with E-state index in [-0.39, 0.29) is 21.0 Å². The average molecular weight is 319 g/mol. The monoisotopic (exact) mass is 318 g/mol. The van der Waals surface area contributed by atoms with E-state index in [1.54, 1.807) is 0 Å². The Bertz CT molecular complexity index is 655. The maximum atomic E-state index is 13.2. The van der Waals surface area contributed by atoms with Crippen LogP contribution in [0.3, 0.4) is 0 Å². The normalized spacial score (nSPS) is 20.9. The maximum absolute atomic E-state index is 13.2. The van der Waals surface area contributed by atoms with Crippen molar-refractivity contribution in [2.45, 2.75) is 30.6 Å². The Labute approximate surface area is 122 Å². The lowest BCUT2D eigenvalue weighted by atomic mass is 10.0. The van der Waals surface area contributed by atoms with Crippen molar-refractivity contribution in [1.29, 1.82) is 0 Å². The molecule has 0 atom stereocenters. The Morgan fingerprint density at radius 3 is 2.60 bits per heavy atom. The molecule has 2 fully saturated rings. The minimum atomic E-state index is -3.76. The molecule has 0 saturated heterocycles. The van der Waals surface area contributed by atoms with Gasteiger partial charge in [-0.05, 0) is 49.1 Å². The molecule has 0 radical (unpaired) electrons. The minimum Gasteiger partial charge on any atom is -0.396 e. The third kappa shape index (κ3) is 2.52. The SMILES string of the molecule is Nc1cc(S(=O)(=O)NCC2(C3CC3)CC2)c(Cl)cc1F. The van der Waals surface area contributed by atoms with Crippen molar-refractivity contribution in [1.82, 2.24) is 4.72 Å². The van der Waals surface area contributed by atoms with Crippen molar-refractivity contribution in [2.75, 3.05) is 12.3 Å². The first-order valence-corrected chi connectivity index (χ1v) is 8.44. The summed E-state index contributed by atoms with van der Waals surface area (Å²) in [5, 5.41) is -0.152. The summed E-state index contributed by atoms with van der Waals surface area (Å²) >= 11 is 5.81. The van der Waals surface area contributed by atoms with Crippen LogP contribution in [0, 0.1) is 17.2 Å². The van der Waals surface area contributed by atoms with Gasteiger partial charge >= 0.3 is 0 Å². The minimum absolute atomic E-state index is 0.144. The summed E-state index contributed by atoms with van der Waals surface area (Å²) in [5.41, 5.74) is 5.33. The van der Waals surface area contributed by atoms with Gasteiger partial charge in [-0.1, -0.05) is 11.6 Å². The highest BCUT2D eigenvalue weighted by molar-refractivity contribution is 7.89. The number of sulfonamides is 1. The number of halogens is 2. The fourth-order valence-electron chi connectivity index (χ4n) is 2.65. The third-order valence-corrected chi connectivity index (χ3v) is 6.16. The van der Waals surface area contributed by atoms with Crippen molar-refractivity contribution >= 4 is 27.3 Å². The molecule has 4 nitrogen and oxygen atoms in total. The molecule has 0 heterocycles. The van der Waals surface area contributed by atoms with Crippen LogP contribution in [0.4, 0.5) is 10.1 Å². The van der Waals surface area contributed by atoms with Crippen LogP contribution in [0.1, 0.15) is 25.7 Å². The number of hydrogen-bond acceptors (Lipinski definition) is 3. The first-order chi connectivity index (χ1) is 9.34. The Kier molecular flexibility index (Phi) is 3.23. The molecule has 7 heteroatoms. The van der Waals surface area contributed by atoms with E-state index in [2.05, 4.69) is 4.72 Å². The molecule has 20 heavy (non-hydrogen) atoms. The summed E-state index contributed by atoms with van der Waals surface area (Å²) < 4.78 is 40.3. The quantitative estimate of drug-likeness (QED) is 0.819. The molecule has 3 rings (SSSR count). The van der Waals surface area contributed by atoms with E-state index >= 15 is 0 Å². The lowest BCUT2D eigenvalue weighted by Crippen LogP contribution is -2.31. The first-order valence-electron chi connectivity index (χ1n) is 6.58. The zero-order valence-electron chi connectivity index (χ0n) is 10.8. The van der Waals surface area contributed by atoms with Gasteiger partial charge in [0.15, 0.2) is 0 Å². The van der Waals surface area contributed by atoms with Gasteiger partial charge in [-0.25, -0.2) is 17.5 Å². The molecule has 0 aliphatic heterocycles. The van der Waals surface area contributed by atoms with Crippen LogP contribution in [-0.4, -0.2) is 15.0 Å². The van der Waals surface area contributed by atoms with Gasteiger partial charge in [0.25, 0.3) is 0 Å². The second kappa shape index (κ2) is 4.58. The predicted octanol–water partition coefficient (Wildman–Crippen LogP) is 2.53. The van der Waals surface area contributed by atoms with Gasteiger partial charge in [-0.2, -0.15) is 0 Å². The van der Waals surface area contributed by atoms with Gasteiger partial charge in [-0.15, -0.1) is 0 Å². The fraction of sp³-hybridized carbons (Fsp3) is 0.538. The summed E-state index contributed by atoms with van der Waals surface area (Å²) in [6.45, 7) is 0.424. The molecule has 0 amide bonds. The molecule has 0 aromatic heterocycles. The van der Waals surface area contributed by atoms with Gasteiger partial charge in [-0.3, -0.25) is 0 Å². The molecule has 0 spiro atoms. The average Bonchev–Trinajstić information content (AvgIpc) is 3.24. The zero-order valence-corrected chi connectivity index (χ0v) is 12.4. The van der Waals surface area contributed by atoms with Crippen molar-refractivity contribution in [3.05, 3.63) is 23.0 Å². The highest BCUT2D eigenvalue weighted by atomic mass is 35.5. The summed E-state index contributed by atoms with van der Waals surface area (Å²) in [7, 11) is -3.76. The van der Waals surface area contributed by atoms with Crippen molar-refractivity contribution in [3.8, 4) is 0 Å². The van der Waals surface area contributed by atoms with Gasteiger partial charge in [0.05, 0.1) is 10.7 Å². The fourth-order valence-corrected chi connectivity index (χ4v) is 4.34. The number of anilines is 1. The van der Waals surface area contributed by atoms with Crippen LogP contribution in [0.5, 0.6) is 0 Å². The smallest absolute Gasteiger partial charge is 0.242 e. The summed E-state index contributed by atoms with van der Waals surface area (Å²) in [6, 6.07) is 2.00. The number of benzene rings is 1.